The number of likely N-dealkylation sites (tertiary alicyclic amines) is 2. The number of carbonyl (C=O) groups excluding carboxylic acids is 2. The molecule has 0 saturated carbocycles. The minimum atomic E-state index is 0.0372. The van der Waals surface area contributed by atoms with Gasteiger partial charge in [-0.1, -0.05) is 17.7 Å². The number of rotatable bonds is 5. The van der Waals surface area contributed by atoms with Gasteiger partial charge < -0.3 is 14.9 Å². The maximum absolute atomic E-state index is 12.4. The summed E-state index contributed by atoms with van der Waals surface area (Å²) in [7, 11) is 0. The molecule has 1 N–H and O–H groups in total. The lowest BCUT2D eigenvalue weighted by Gasteiger charge is -2.33. The van der Waals surface area contributed by atoms with Crippen molar-refractivity contribution in [1.82, 2.24) is 9.80 Å². The smallest absolute Gasteiger partial charge is 0.226 e. The first-order valence-electron chi connectivity index (χ1n) is 9.06. The SMILES string of the molecule is O=C1CCCN1CCC1CCN(C(=O)Cc2ccc(O)c(Cl)c2)CC1. The van der Waals surface area contributed by atoms with Gasteiger partial charge in [0.05, 0.1) is 11.4 Å². The average molecular weight is 365 g/mol. The Bertz CT molecular complexity index is 642. The molecule has 5 nitrogen and oxygen atoms in total. The van der Waals surface area contributed by atoms with Gasteiger partial charge in [-0.05, 0) is 49.3 Å². The van der Waals surface area contributed by atoms with Crippen LogP contribution in [-0.2, 0) is 16.0 Å². The normalized spacial score (nSPS) is 18.8. The molecule has 0 aliphatic carbocycles. The fourth-order valence-electron chi connectivity index (χ4n) is 3.70. The number of aromatic hydroxyl groups is 1. The van der Waals surface area contributed by atoms with E-state index >= 15 is 0 Å². The van der Waals surface area contributed by atoms with Crippen molar-refractivity contribution in [3.8, 4) is 5.75 Å². The van der Waals surface area contributed by atoms with Crippen LogP contribution in [0.5, 0.6) is 5.75 Å². The van der Waals surface area contributed by atoms with Gasteiger partial charge in [0, 0.05) is 32.6 Å². The number of hydrogen-bond donors (Lipinski definition) is 1. The minimum Gasteiger partial charge on any atom is -0.506 e. The van der Waals surface area contributed by atoms with Gasteiger partial charge in [-0.15, -0.1) is 0 Å². The van der Waals surface area contributed by atoms with Crippen molar-refractivity contribution in [3.63, 3.8) is 0 Å². The van der Waals surface area contributed by atoms with Gasteiger partial charge >= 0.3 is 0 Å². The van der Waals surface area contributed by atoms with E-state index in [-0.39, 0.29) is 16.7 Å². The van der Waals surface area contributed by atoms with E-state index < -0.39 is 0 Å². The van der Waals surface area contributed by atoms with E-state index in [2.05, 4.69) is 0 Å². The van der Waals surface area contributed by atoms with Crippen molar-refractivity contribution in [2.45, 2.75) is 38.5 Å². The summed E-state index contributed by atoms with van der Waals surface area (Å²) in [6.07, 6.45) is 5.06. The van der Waals surface area contributed by atoms with Crippen molar-refractivity contribution < 1.29 is 14.7 Å². The second-order valence-corrected chi connectivity index (χ2v) is 7.47. The number of hydrogen-bond acceptors (Lipinski definition) is 3. The zero-order valence-electron chi connectivity index (χ0n) is 14.4. The monoisotopic (exact) mass is 364 g/mol. The second kappa shape index (κ2) is 8.09. The number of nitrogens with zero attached hydrogens (tertiary/aromatic N) is 2. The van der Waals surface area contributed by atoms with Crippen LogP contribution in [0.4, 0.5) is 0 Å². The summed E-state index contributed by atoms with van der Waals surface area (Å²) in [5.74, 6) is 1.03. The highest BCUT2D eigenvalue weighted by Gasteiger charge is 2.25. The summed E-state index contributed by atoms with van der Waals surface area (Å²) in [5, 5.41) is 9.73. The van der Waals surface area contributed by atoms with Crippen LogP contribution in [0.1, 0.15) is 37.7 Å². The van der Waals surface area contributed by atoms with Crippen molar-refractivity contribution in [2.75, 3.05) is 26.2 Å². The number of phenolic OH excluding ortho intramolecular Hbond substituents is 1. The number of halogens is 1. The Hall–Kier alpha value is -1.75. The second-order valence-electron chi connectivity index (χ2n) is 7.06. The molecule has 136 valence electrons. The zero-order valence-corrected chi connectivity index (χ0v) is 15.2. The lowest BCUT2D eigenvalue weighted by Crippen LogP contribution is -2.40. The maximum atomic E-state index is 12.4. The molecule has 0 aromatic heterocycles. The fourth-order valence-corrected chi connectivity index (χ4v) is 3.90. The van der Waals surface area contributed by atoms with Crippen LogP contribution in [0.25, 0.3) is 0 Å². The summed E-state index contributed by atoms with van der Waals surface area (Å²) >= 11 is 5.90. The van der Waals surface area contributed by atoms with E-state index in [1.54, 1.807) is 12.1 Å². The molecule has 2 fully saturated rings. The molecule has 2 amide bonds. The largest absolute Gasteiger partial charge is 0.506 e. The molecule has 1 aromatic carbocycles. The third-order valence-corrected chi connectivity index (χ3v) is 5.62. The van der Waals surface area contributed by atoms with Gasteiger partial charge in [-0.2, -0.15) is 0 Å². The Kier molecular flexibility index (Phi) is 5.84. The Morgan fingerprint density at radius 3 is 2.64 bits per heavy atom. The Morgan fingerprint density at radius 2 is 2.00 bits per heavy atom. The molecule has 2 heterocycles. The number of amides is 2. The van der Waals surface area contributed by atoms with Crippen LogP contribution in [0, 0.1) is 5.92 Å². The predicted molar refractivity (Wildman–Crippen MR) is 96.6 cm³/mol. The molecule has 0 unspecified atom stereocenters. The minimum absolute atomic E-state index is 0.0372. The first-order valence-corrected chi connectivity index (χ1v) is 9.43. The molecule has 2 aliphatic heterocycles. The van der Waals surface area contributed by atoms with E-state index in [4.69, 9.17) is 11.6 Å². The third-order valence-electron chi connectivity index (χ3n) is 5.31. The van der Waals surface area contributed by atoms with E-state index in [0.29, 0.717) is 24.7 Å². The van der Waals surface area contributed by atoms with Gasteiger partial charge in [0.1, 0.15) is 5.75 Å². The average Bonchev–Trinajstić information content (AvgIpc) is 3.02. The van der Waals surface area contributed by atoms with E-state index in [1.807, 2.05) is 9.80 Å². The summed E-state index contributed by atoms with van der Waals surface area (Å²) in [6.45, 7) is 3.33. The fraction of sp³-hybridized carbons (Fsp3) is 0.579. The molecule has 0 bridgehead atoms. The third kappa shape index (κ3) is 4.66. The molecular weight excluding hydrogens is 340 g/mol. The van der Waals surface area contributed by atoms with Crippen LogP contribution in [-0.4, -0.2) is 52.9 Å². The topological polar surface area (TPSA) is 60.9 Å². The summed E-state index contributed by atoms with van der Waals surface area (Å²) in [5.41, 5.74) is 0.822. The molecule has 2 saturated heterocycles. The van der Waals surface area contributed by atoms with Gasteiger partial charge in [0.2, 0.25) is 11.8 Å². The molecule has 6 heteroatoms. The number of carbonyl (C=O) groups is 2. The highest BCUT2D eigenvalue weighted by atomic mass is 35.5. The highest BCUT2D eigenvalue weighted by Crippen LogP contribution is 2.25. The lowest BCUT2D eigenvalue weighted by atomic mass is 9.93. The van der Waals surface area contributed by atoms with Crippen LogP contribution < -0.4 is 0 Å². The van der Waals surface area contributed by atoms with Crippen LogP contribution in [0.3, 0.4) is 0 Å². The first-order chi connectivity index (χ1) is 12.0. The molecule has 0 radical (unpaired) electrons. The quantitative estimate of drug-likeness (QED) is 0.873. The molecule has 0 spiro atoms. The van der Waals surface area contributed by atoms with Crippen molar-refractivity contribution >= 4 is 23.4 Å². The van der Waals surface area contributed by atoms with Crippen molar-refractivity contribution in [2.24, 2.45) is 5.92 Å². The first kappa shape index (κ1) is 18.1. The summed E-state index contributed by atoms with van der Waals surface area (Å²) < 4.78 is 0. The van der Waals surface area contributed by atoms with Crippen LogP contribution in [0.15, 0.2) is 18.2 Å². The number of phenols is 1. The van der Waals surface area contributed by atoms with Gasteiger partial charge in [-0.3, -0.25) is 9.59 Å². The van der Waals surface area contributed by atoms with Crippen molar-refractivity contribution in [3.05, 3.63) is 28.8 Å². The number of benzene rings is 1. The number of piperidine rings is 1. The molecule has 3 rings (SSSR count). The Labute approximate surface area is 153 Å². The Balaban J connectivity index is 1.42. The van der Waals surface area contributed by atoms with Gasteiger partial charge in [-0.25, -0.2) is 0 Å². The van der Waals surface area contributed by atoms with Crippen LogP contribution >= 0.6 is 11.6 Å². The van der Waals surface area contributed by atoms with Gasteiger partial charge in [0.15, 0.2) is 0 Å². The molecular formula is C19H25ClN2O3. The summed E-state index contributed by atoms with van der Waals surface area (Å²) in [4.78, 5) is 28.0. The molecule has 25 heavy (non-hydrogen) atoms. The predicted octanol–water partition coefficient (Wildman–Crippen LogP) is 2.84. The maximum Gasteiger partial charge on any atom is 0.226 e. The van der Waals surface area contributed by atoms with Gasteiger partial charge in [0.25, 0.3) is 0 Å². The zero-order chi connectivity index (χ0) is 17.8. The molecule has 0 atom stereocenters. The molecule has 1 aromatic rings. The van der Waals surface area contributed by atoms with Crippen LogP contribution in [0.2, 0.25) is 5.02 Å². The lowest BCUT2D eigenvalue weighted by molar-refractivity contribution is -0.131. The standard InChI is InChI=1S/C19H25ClN2O3/c20-16-12-15(3-4-17(16)23)13-19(25)22-10-6-14(7-11-22)5-9-21-8-1-2-18(21)24/h3-4,12,14,23H,1-2,5-11,13H2. The van der Waals surface area contributed by atoms with E-state index in [0.717, 1.165) is 57.4 Å². The molecule has 2 aliphatic rings. The van der Waals surface area contributed by atoms with E-state index in [9.17, 15) is 14.7 Å². The highest BCUT2D eigenvalue weighted by molar-refractivity contribution is 6.32. The Morgan fingerprint density at radius 1 is 1.24 bits per heavy atom. The van der Waals surface area contributed by atoms with E-state index in [1.165, 1.54) is 6.07 Å². The summed E-state index contributed by atoms with van der Waals surface area (Å²) in [6, 6.07) is 4.91. The van der Waals surface area contributed by atoms with Crippen molar-refractivity contribution in [1.29, 1.82) is 0 Å².